The predicted octanol–water partition coefficient (Wildman–Crippen LogP) is 4.24. The third-order valence-corrected chi connectivity index (χ3v) is 3.71. The van der Waals surface area contributed by atoms with Crippen molar-refractivity contribution in [3.8, 4) is 11.1 Å². The van der Waals surface area contributed by atoms with Crippen LogP contribution in [0.2, 0.25) is 0 Å². The molecular weight excluding hydrogens is 322 g/mol. The van der Waals surface area contributed by atoms with Crippen molar-refractivity contribution in [2.24, 2.45) is 10.1 Å². The van der Waals surface area contributed by atoms with Gasteiger partial charge < -0.3 is 0 Å². The number of rotatable bonds is 2. The van der Waals surface area contributed by atoms with Gasteiger partial charge in [0.15, 0.2) is 0 Å². The summed E-state index contributed by atoms with van der Waals surface area (Å²) in [6.07, 6.45) is -3.15. The highest BCUT2D eigenvalue weighted by Gasteiger charge is 2.34. The Hall–Kier alpha value is -2.70. The molecule has 124 valence electrons. The van der Waals surface area contributed by atoms with Crippen LogP contribution >= 0.6 is 0 Å². The Kier molecular flexibility index (Phi) is 4.09. The first kappa shape index (κ1) is 16.2. The average molecular weight is 335 g/mol. The monoisotopic (exact) mass is 335 g/mol. The van der Waals surface area contributed by atoms with Crippen LogP contribution in [0.15, 0.2) is 52.6 Å². The molecule has 0 amide bonds. The number of halogens is 4. The van der Waals surface area contributed by atoms with Crippen LogP contribution in [0.4, 0.5) is 17.6 Å². The minimum absolute atomic E-state index is 0.00762. The zero-order chi connectivity index (χ0) is 17.3. The molecule has 1 aliphatic rings. The van der Waals surface area contributed by atoms with Crippen LogP contribution in [-0.2, 0) is 6.18 Å². The van der Waals surface area contributed by atoms with Crippen molar-refractivity contribution in [3.63, 3.8) is 0 Å². The van der Waals surface area contributed by atoms with Crippen molar-refractivity contribution < 1.29 is 17.6 Å². The third-order valence-electron chi connectivity index (χ3n) is 3.71. The van der Waals surface area contributed by atoms with Gasteiger partial charge in [0.05, 0.1) is 17.3 Å². The van der Waals surface area contributed by atoms with Crippen LogP contribution < -0.4 is 5.43 Å². The van der Waals surface area contributed by atoms with E-state index in [1.165, 1.54) is 24.5 Å². The van der Waals surface area contributed by atoms with Gasteiger partial charge in [-0.05, 0) is 36.2 Å². The standard InChI is InChI=1S/C17H13F4N3/c1-10-16(24-23-9-22-10)12-4-7-14(15(8-12)17(19,20)21)11-2-5-13(18)6-3-11/h2-10H,1H3,(H,22,23)/t10-/m0/s1. The summed E-state index contributed by atoms with van der Waals surface area (Å²) in [5.41, 5.74) is 2.80. The fraction of sp³-hybridized carbons (Fsp3) is 0.176. The quantitative estimate of drug-likeness (QED) is 0.819. The molecule has 1 heterocycles. The van der Waals surface area contributed by atoms with Gasteiger partial charge in [-0.1, -0.05) is 24.3 Å². The molecule has 0 bridgehead atoms. The summed E-state index contributed by atoms with van der Waals surface area (Å²) in [5, 5.41) is 4.02. The van der Waals surface area contributed by atoms with Gasteiger partial charge in [0, 0.05) is 5.56 Å². The van der Waals surface area contributed by atoms with E-state index in [2.05, 4.69) is 15.5 Å². The summed E-state index contributed by atoms with van der Waals surface area (Å²) < 4.78 is 53.5. The number of alkyl halides is 3. The molecule has 1 atom stereocenters. The van der Waals surface area contributed by atoms with E-state index in [1.807, 2.05) is 0 Å². The number of hydrogen-bond acceptors (Lipinski definition) is 3. The van der Waals surface area contributed by atoms with E-state index in [9.17, 15) is 17.6 Å². The van der Waals surface area contributed by atoms with Crippen molar-refractivity contribution in [1.82, 2.24) is 5.43 Å². The van der Waals surface area contributed by atoms with Gasteiger partial charge in [-0.25, -0.2) is 4.39 Å². The lowest BCUT2D eigenvalue weighted by molar-refractivity contribution is -0.137. The summed E-state index contributed by atoms with van der Waals surface area (Å²) in [7, 11) is 0. The maximum absolute atomic E-state index is 13.5. The highest BCUT2D eigenvalue weighted by molar-refractivity contribution is 6.06. The summed E-state index contributed by atoms with van der Waals surface area (Å²) in [4.78, 5) is 4.08. The molecular formula is C17H13F4N3. The largest absolute Gasteiger partial charge is 0.417 e. The fourth-order valence-electron chi connectivity index (χ4n) is 2.53. The molecule has 0 saturated heterocycles. The molecule has 0 aromatic heterocycles. The van der Waals surface area contributed by atoms with Crippen LogP contribution in [0.5, 0.6) is 0 Å². The van der Waals surface area contributed by atoms with Crippen molar-refractivity contribution in [2.75, 3.05) is 0 Å². The van der Waals surface area contributed by atoms with E-state index in [0.29, 0.717) is 16.8 Å². The summed E-state index contributed by atoms with van der Waals surface area (Å²) in [5.74, 6) is -0.502. The normalized spacial score (nSPS) is 17.4. The average Bonchev–Trinajstić information content (AvgIpc) is 2.55. The molecule has 1 N–H and O–H groups in total. The molecule has 3 nitrogen and oxygen atoms in total. The number of hydrogen-bond donors (Lipinski definition) is 1. The molecule has 3 rings (SSSR count). The van der Waals surface area contributed by atoms with Crippen molar-refractivity contribution in [3.05, 3.63) is 59.4 Å². The van der Waals surface area contributed by atoms with Gasteiger partial charge in [0.25, 0.3) is 0 Å². The molecule has 0 fully saturated rings. The maximum atomic E-state index is 13.5. The maximum Gasteiger partial charge on any atom is 0.417 e. The molecule has 0 spiro atoms. The van der Waals surface area contributed by atoms with E-state index < -0.39 is 17.6 Å². The van der Waals surface area contributed by atoms with Gasteiger partial charge in [-0.15, -0.1) is 0 Å². The van der Waals surface area contributed by atoms with Crippen LogP contribution in [0.25, 0.3) is 11.1 Å². The highest BCUT2D eigenvalue weighted by Crippen LogP contribution is 2.38. The number of nitrogens with one attached hydrogen (secondary N) is 1. The SMILES string of the molecule is C[C@@H]1N=CNN=C1c1ccc(-c2ccc(F)cc2)c(C(F)(F)F)c1. The molecule has 0 aliphatic carbocycles. The van der Waals surface area contributed by atoms with E-state index in [1.54, 1.807) is 13.0 Å². The lowest BCUT2D eigenvalue weighted by Crippen LogP contribution is -2.26. The summed E-state index contributed by atoms with van der Waals surface area (Å²) in [6, 6.07) is 8.56. The van der Waals surface area contributed by atoms with E-state index in [0.717, 1.165) is 18.2 Å². The lowest BCUT2D eigenvalue weighted by Gasteiger charge is -2.18. The zero-order valence-corrected chi connectivity index (χ0v) is 12.6. The van der Waals surface area contributed by atoms with Crippen molar-refractivity contribution >= 4 is 12.1 Å². The van der Waals surface area contributed by atoms with Crippen LogP contribution in [0.3, 0.4) is 0 Å². The Morgan fingerprint density at radius 3 is 2.29 bits per heavy atom. The number of benzene rings is 2. The number of aliphatic imine (C=N–C) groups is 1. The summed E-state index contributed by atoms with van der Waals surface area (Å²) in [6.45, 7) is 1.75. The van der Waals surface area contributed by atoms with Crippen LogP contribution in [-0.4, -0.2) is 18.1 Å². The Labute approximate surface area is 135 Å². The fourth-order valence-corrected chi connectivity index (χ4v) is 2.53. The zero-order valence-electron chi connectivity index (χ0n) is 12.6. The topological polar surface area (TPSA) is 36.8 Å². The Balaban J connectivity index is 2.11. The van der Waals surface area contributed by atoms with Crippen molar-refractivity contribution in [2.45, 2.75) is 19.1 Å². The van der Waals surface area contributed by atoms with E-state index in [-0.39, 0.29) is 11.6 Å². The van der Waals surface area contributed by atoms with Crippen LogP contribution in [0.1, 0.15) is 18.1 Å². The Bertz CT molecular complexity index is 808. The van der Waals surface area contributed by atoms with Crippen LogP contribution in [0, 0.1) is 5.82 Å². The highest BCUT2D eigenvalue weighted by atomic mass is 19.4. The Morgan fingerprint density at radius 2 is 1.67 bits per heavy atom. The molecule has 2 aromatic rings. The smallest absolute Gasteiger partial charge is 0.268 e. The number of hydrazone groups is 1. The first-order chi connectivity index (χ1) is 11.4. The predicted molar refractivity (Wildman–Crippen MR) is 84.5 cm³/mol. The second-order valence-corrected chi connectivity index (χ2v) is 5.35. The first-order valence-corrected chi connectivity index (χ1v) is 7.18. The van der Waals surface area contributed by atoms with Gasteiger partial charge in [0.1, 0.15) is 12.2 Å². The van der Waals surface area contributed by atoms with E-state index in [4.69, 9.17) is 0 Å². The molecule has 24 heavy (non-hydrogen) atoms. The molecule has 0 radical (unpaired) electrons. The minimum atomic E-state index is -4.55. The van der Waals surface area contributed by atoms with Gasteiger partial charge >= 0.3 is 6.18 Å². The van der Waals surface area contributed by atoms with E-state index >= 15 is 0 Å². The molecule has 2 aromatic carbocycles. The second-order valence-electron chi connectivity index (χ2n) is 5.35. The number of nitrogens with zero attached hydrogens (tertiary/aromatic N) is 2. The second kappa shape index (κ2) is 6.07. The van der Waals surface area contributed by atoms with Gasteiger partial charge in [-0.2, -0.15) is 18.3 Å². The molecule has 0 saturated carbocycles. The third kappa shape index (κ3) is 3.15. The first-order valence-electron chi connectivity index (χ1n) is 7.18. The Morgan fingerprint density at radius 1 is 1.00 bits per heavy atom. The van der Waals surface area contributed by atoms with Gasteiger partial charge in [-0.3, -0.25) is 10.4 Å². The van der Waals surface area contributed by atoms with Gasteiger partial charge in [0.2, 0.25) is 0 Å². The lowest BCUT2D eigenvalue weighted by atomic mass is 9.94. The molecule has 7 heteroatoms. The summed E-state index contributed by atoms with van der Waals surface area (Å²) >= 11 is 0. The molecule has 1 aliphatic heterocycles. The minimum Gasteiger partial charge on any atom is -0.268 e. The molecule has 0 unspecified atom stereocenters. The van der Waals surface area contributed by atoms with Crippen molar-refractivity contribution in [1.29, 1.82) is 0 Å².